The van der Waals surface area contributed by atoms with Crippen LogP contribution in [-0.4, -0.2) is 22.0 Å². The number of nitrogens with zero attached hydrogens (tertiary/aromatic N) is 2. The Bertz CT molecular complexity index is 699. The average molecular weight is 337 g/mol. The number of hydrogen-bond donors (Lipinski definition) is 1. The molecule has 0 unspecified atom stereocenters. The number of rotatable bonds is 7. The van der Waals surface area contributed by atoms with Gasteiger partial charge in [-0.1, -0.05) is 25.5 Å². The van der Waals surface area contributed by atoms with E-state index >= 15 is 0 Å². The van der Waals surface area contributed by atoms with Crippen LogP contribution in [0.3, 0.4) is 0 Å². The van der Waals surface area contributed by atoms with Crippen molar-refractivity contribution in [2.75, 3.05) is 6.54 Å². The number of carbonyl (C=O) groups excluding carboxylic acids is 1. The molecule has 2 aromatic rings. The first-order valence-electron chi connectivity index (χ1n) is 7.70. The number of halogens is 2. The van der Waals surface area contributed by atoms with E-state index in [0.29, 0.717) is 23.8 Å². The fourth-order valence-corrected chi connectivity index (χ4v) is 2.11. The number of amides is 1. The smallest absolute Gasteiger partial charge is 0.320 e. The number of alkyl halides is 2. The van der Waals surface area contributed by atoms with Crippen LogP contribution in [0.1, 0.15) is 42.1 Å². The Balaban J connectivity index is 2.15. The highest BCUT2D eigenvalue weighted by Gasteiger charge is 2.16. The molecule has 1 amide bonds. The Morgan fingerprint density at radius 2 is 2.12 bits per heavy atom. The maximum atomic E-state index is 12.8. The van der Waals surface area contributed by atoms with Crippen molar-refractivity contribution < 1.29 is 18.3 Å². The maximum Gasteiger partial charge on any atom is 0.320 e. The van der Waals surface area contributed by atoms with Gasteiger partial charge >= 0.3 is 6.55 Å². The van der Waals surface area contributed by atoms with E-state index in [-0.39, 0.29) is 18.3 Å². The molecule has 0 aliphatic heterocycles. The lowest BCUT2D eigenvalue weighted by Crippen LogP contribution is -2.27. The van der Waals surface area contributed by atoms with Gasteiger partial charge in [-0.3, -0.25) is 9.36 Å². The van der Waals surface area contributed by atoms with Crippen LogP contribution in [0.2, 0.25) is 0 Å². The summed E-state index contributed by atoms with van der Waals surface area (Å²) in [4.78, 5) is 16.2. The highest BCUT2D eigenvalue weighted by molar-refractivity contribution is 5.97. The van der Waals surface area contributed by atoms with Gasteiger partial charge in [0.1, 0.15) is 12.4 Å². The lowest BCUT2D eigenvalue weighted by Gasteiger charge is -2.14. The van der Waals surface area contributed by atoms with Crippen molar-refractivity contribution >= 4 is 5.91 Å². The maximum absolute atomic E-state index is 12.8. The number of aromatic nitrogens is 2. The highest BCUT2D eigenvalue weighted by atomic mass is 19.3. The molecule has 0 atom stereocenters. The van der Waals surface area contributed by atoms with Crippen molar-refractivity contribution in [3.05, 3.63) is 47.5 Å². The van der Waals surface area contributed by atoms with Gasteiger partial charge < -0.3 is 10.1 Å². The van der Waals surface area contributed by atoms with Gasteiger partial charge in [-0.25, -0.2) is 4.98 Å². The van der Waals surface area contributed by atoms with E-state index in [2.05, 4.69) is 10.3 Å². The van der Waals surface area contributed by atoms with Gasteiger partial charge in [0.05, 0.1) is 5.56 Å². The van der Waals surface area contributed by atoms with E-state index in [1.165, 1.54) is 12.4 Å². The second-order valence-corrected chi connectivity index (χ2v) is 5.92. The van der Waals surface area contributed by atoms with Crippen molar-refractivity contribution in [2.24, 2.45) is 5.92 Å². The van der Waals surface area contributed by atoms with Crippen molar-refractivity contribution in [3.63, 3.8) is 0 Å². The van der Waals surface area contributed by atoms with Gasteiger partial charge in [0.25, 0.3) is 5.91 Å². The van der Waals surface area contributed by atoms with E-state index in [4.69, 9.17) is 4.74 Å². The van der Waals surface area contributed by atoms with E-state index in [9.17, 15) is 13.6 Å². The number of benzene rings is 1. The summed E-state index contributed by atoms with van der Waals surface area (Å²) in [5.74, 6) is 0.506. The Hall–Kier alpha value is -2.44. The van der Waals surface area contributed by atoms with Crippen molar-refractivity contribution in [3.8, 4) is 5.75 Å². The lowest BCUT2D eigenvalue weighted by molar-refractivity contribution is 0.0631. The predicted octanol–water partition coefficient (Wildman–Crippen LogP) is 3.55. The van der Waals surface area contributed by atoms with Gasteiger partial charge in [0.2, 0.25) is 0 Å². The summed E-state index contributed by atoms with van der Waals surface area (Å²) in [7, 11) is 0. The monoisotopic (exact) mass is 337 g/mol. The standard InChI is InChI=1S/C17H21F2N3O2/c1-11(2)9-21-16(23)13-8-12(3)4-5-14(13)24-10-15-20-6-7-22(15)17(18)19/h4-8,11,17H,9-10H2,1-3H3,(H,21,23). The number of aryl methyl sites for hydroxylation is 1. The first-order chi connectivity index (χ1) is 11.4. The molecule has 24 heavy (non-hydrogen) atoms. The second-order valence-electron chi connectivity index (χ2n) is 5.92. The second kappa shape index (κ2) is 7.90. The number of imidazole rings is 1. The van der Waals surface area contributed by atoms with E-state index in [0.717, 1.165) is 10.1 Å². The van der Waals surface area contributed by atoms with Crippen LogP contribution in [-0.2, 0) is 6.61 Å². The molecule has 0 saturated carbocycles. The van der Waals surface area contributed by atoms with Crippen LogP contribution < -0.4 is 10.1 Å². The lowest BCUT2D eigenvalue weighted by atomic mass is 10.1. The van der Waals surface area contributed by atoms with E-state index in [1.807, 2.05) is 20.8 Å². The summed E-state index contributed by atoms with van der Waals surface area (Å²) in [5, 5.41) is 2.83. The molecular weight excluding hydrogens is 316 g/mol. The Labute approximate surface area is 139 Å². The number of ether oxygens (including phenoxy) is 1. The molecule has 0 fully saturated rings. The van der Waals surface area contributed by atoms with Gasteiger partial charge in [0.15, 0.2) is 5.82 Å². The molecule has 0 radical (unpaired) electrons. The minimum atomic E-state index is -2.68. The Kier molecular flexibility index (Phi) is 5.89. The molecule has 2 rings (SSSR count). The van der Waals surface area contributed by atoms with Crippen LogP contribution in [0.5, 0.6) is 5.75 Å². The van der Waals surface area contributed by atoms with Gasteiger partial charge in [-0.05, 0) is 25.0 Å². The van der Waals surface area contributed by atoms with Crippen LogP contribution in [0.25, 0.3) is 0 Å². The third-order valence-corrected chi connectivity index (χ3v) is 3.37. The molecule has 0 bridgehead atoms. The zero-order valence-corrected chi connectivity index (χ0v) is 13.9. The summed E-state index contributed by atoms with van der Waals surface area (Å²) in [6.45, 7) is 3.58. The largest absolute Gasteiger partial charge is 0.485 e. The Morgan fingerprint density at radius 1 is 1.38 bits per heavy atom. The molecule has 0 spiro atoms. The van der Waals surface area contributed by atoms with Crippen molar-refractivity contribution in [1.82, 2.24) is 14.9 Å². The molecule has 0 aliphatic rings. The van der Waals surface area contributed by atoms with Gasteiger partial charge in [-0.2, -0.15) is 8.78 Å². The minimum Gasteiger partial charge on any atom is -0.485 e. The molecule has 0 aliphatic carbocycles. The van der Waals surface area contributed by atoms with Crippen molar-refractivity contribution in [1.29, 1.82) is 0 Å². The van der Waals surface area contributed by atoms with E-state index < -0.39 is 6.55 Å². The average Bonchev–Trinajstić information content (AvgIpc) is 3.00. The Morgan fingerprint density at radius 3 is 2.79 bits per heavy atom. The third kappa shape index (κ3) is 4.53. The molecule has 0 saturated heterocycles. The summed E-state index contributed by atoms with van der Waals surface area (Å²) in [6.07, 6.45) is 2.48. The number of hydrogen-bond acceptors (Lipinski definition) is 3. The topological polar surface area (TPSA) is 56.2 Å². The SMILES string of the molecule is Cc1ccc(OCc2nccn2C(F)F)c(C(=O)NCC(C)C)c1. The summed E-state index contributed by atoms with van der Waals surface area (Å²) in [5.41, 5.74) is 1.29. The van der Waals surface area contributed by atoms with Crippen molar-refractivity contribution in [2.45, 2.75) is 33.9 Å². The molecule has 130 valence electrons. The first-order valence-corrected chi connectivity index (χ1v) is 7.70. The molecule has 5 nitrogen and oxygen atoms in total. The normalized spacial score (nSPS) is 11.1. The fraction of sp³-hybridized carbons (Fsp3) is 0.412. The molecule has 1 heterocycles. The van der Waals surface area contributed by atoms with E-state index in [1.54, 1.807) is 18.2 Å². The summed E-state index contributed by atoms with van der Waals surface area (Å²) >= 11 is 0. The van der Waals surface area contributed by atoms with Gasteiger partial charge in [-0.15, -0.1) is 0 Å². The fourth-order valence-electron chi connectivity index (χ4n) is 2.11. The molecule has 7 heteroatoms. The molecule has 1 N–H and O–H groups in total. The van der Waals surface area contributed by atoms with Crippen LogP contribution in [0.4, 0.5) is 8.78 Å². The zero-order chi connectivity index (χ0) is 17.7. The number of carbonyl (C=O) groups is 1. The highest BCUT2D eigenvalue weighted by Crippen LogP contribution is 2.22. The quantitative estimate of drug-likeness (QED) is 0.840. The van der Waals surface area contributed by atoms with Crippen LogP contribution in [0, 0.1) is 12.8 Å². The zero-order valence-electron chi connectivity index (χ0n) is 13.9. The van der Waals surface area contributed by atoms with Gasteiger partial charge in [0, 0.05) is 18.9 Å². The molecule has 1 aromatic carbocycles. The predicted molar refractivity (Wildman–Crippen MR) is 86.2 cm³/mol. The first kappa shape index (κ1) is 17.9. The summed E-state index contributed by atoms with van der Waals surface area (Å²) in [6, 6.07) is 5.17. The summed E-state index contributed by atoms with van der Waals surface area (Å²) < 4.78 is 32.0. The minimum absolute atomic E-state index is 0.0964. The molecule has 1 aromatic heterocycles. The van der Waals surface area contributed by atoms with Crippen LogP contribution in [0.15, 0.2) is 30.6 Å². The number of nitrogens with one attached hydrogen (secondary N) is 1. The molecular formula is C17H21F2N3O2. The third-order valence-electron chi connectivity index (χ3n) is 3.37. The van der Waals surface area contributed by atoms with Crippen LogP contribution >= 0.6 is 0 Å².